The molecule has 0 aromatic heterocycles. The summed E-state index contributed by atoms with van der Waals surface area (Å²) in [5, 5.41) is 10.9. The zero-order valence-electron chi connectivity index (χ0n) is 21.2. The van der Waals surface area contributed by atoms with Crippen LogP contribution in [-0.2, 0) is 9.59 Å². The number of ketones is 1. The van der Waals surface area contributed by atoms with Crippen LogP contribution in [0.25, 0.3) is 0 Å². The van der Waals surface area contributed by atoms with Gasteiger partial charge >= 0.3 is 0 Å². The number of aldehydes is 1. The quantitative estimate of drug-likeness (QED) is 0.404. The van der Waals surface area contributed by atoms with Gasteiger partial charge in [-0.05, 0) is 59.8 Å². The van der Waals surface area contributed by atoms with Crippen molar-refractivity contribution in [1.29, 1.82) is 0 Å². The number of carbonyl (C=O) groups is 2. The number of fused-ring (bicyclic) bond motifs is 1. The van der Waals surface area contributed by atoms with E-state index in [2.05, 4.69) is 27.7 Å². The summed E-state index contributed by atoms with van der Waals surface area (Å²) in [7, 11) is 0. The molecule has 0 radical (unpaired) electrons. The molecular weight excluding hydrogens is 440 g/mol. The van der Waals surface area contributed by atoms with Crippen LogP contribution in [0.15, 0.2) is 9.81 Å². The Kier molecular flexibility index (Phi) is 8.17. The highest BCUT2D eigenvalue weighted by Crippen LogP contribution is 2.57. The number of allylic oxidation sites excluding steroid dienone is 2. The van der Waals surface area contributed by atoms with E-state index in [0.29, 0.717) is 19.3 Å². The van der Waals surface area contributed by atoms with Crippen molar-refractivity contribution in [2.75, 3.05) is 0 Å². The molecule has 5 N–H and O–H groups in total. The summed E-state index contributed by atoms with van der Waals surface area (Å²) in [6.07, 6.45) is 3.97. The second-order valence-electron chi connectivity index (χ2n) is 12.6. The van der Waals surface area contributed by atoms with E-state index < -0.39 is 17.4 Å². The van der Waals surface area contributed by atoms with Crippen LogP contribution >= 0.6 is 23.5 Å². The largest absolute Gasteiger partial charge is 0.392 e. The van der Waals surface area contributed by atoms with Gasteiger partial charge in [0.25, 0.3) is 0 Å². The highest BCUT2D eigenvalue weighted by atomic mass is 32.2. The van der Waals surface area contributed by atoms with Crippen molar-refractivity contribution in [2.45, 2.75) is 121 Å². The van der Waals surface area contributed by atoms with E-state index in [-0.39, 0.29) is 26.4 Å². The summed E-state index contributed by atoms with van der Waals surface area (Å²) < 4.78 is -0.478. The molecule has 1 saturated carbocycles. The van der Waals surface area contributed by atoms with Crippen molar-refractivity contribution in [2.24, 2.45) is 22.8 Å². The number of rotatable bonds is 9. The summed E-state index contributed by atoms with van der Waals surface area (Å²) in [6, 6.07) is 0. The van der Waals surface area contributed by atoms with E-state index in [1.165, 1.54) is 0 Å². The average Bonchev–Trinajstić information content (AvgIpc) is 2.54. The first-order chi connectivity index (χ1) is 14.3. The smallest absolute Gasteiger partial charge is 0.174 e. The van der Waals surface area contributed by atoms with E-state index in [0.717, 1.165) is 35.4 Å². The fraction of sp³-hybridized carbons (Fsp3) is 0.840. The van der Waals surface area contributed by atoms with Crippen LogP contribution in [0.2, 0.25) is 0 Å². The minimum absolute atomic E-state index is 0.0142. The molecule has 0 aliphatic heterocycles. The number of aliphatic hydroxyl groups excluding tert-OH is 1. The average molecular weight is 485 g/mol. The van der Waals surface area contributed by atoms with Crippen LogP contribution in [0.1, 0.15) is 93.9 Å². The minimum atomic E-state index is -1.02. The molecule has 7 heteroatoms. The second kappa shape index (κ2) is 9.37. The Labute approximate surface area is 203 Å². The normalized spacial score (nSPS) is 28.0. The van der Waals surface area contributed by atoms with Crippen molar-refractivity contribution < 1.29 is 14.7 Å². The van der Waals surface area contributed by atoms with E-state index in [1.807, 2.05) is 27.7 Å². The van der Waals surface area contributed by atoms with Crippen molar-refractivity contribution in [3.63, 3.8) is 0 Å². The maximum atomic E-state index is 13.9. The molecule has 184 valence electrons. The lowest BCUT2D eigenvalue weighted by molar-refractivity contribution is -0.144. The first-order valence-corrected chi connectivity index (χ1v) is 13.3. The lowest BCUT2D eigenvalue weighted by atomic mass is 9.60. The zero-order chi connectivity index (χ0) is 24.8. The number of Topliss-reactive ketones (excluding diaryl/α,β-unsaturated/α-hetero) is 1. The van der Waals surface area contributed by atoms with Crippen LogP contribution in [-0.4, -0.2) is 43.9 Å². The first-order valence-electron chi connectivity index (χ1n) is 11.7. The molecule has 3 unspecified atom stereocenters. The van der Waals surface area contributed by atoms with Crippen LogP contribution < -0.4 is 11.5 Å². The lowest BCUT2D eigenvalue weighted by Crippen LogP contribution is -2.52. The van der Waals surface area contributed by atoms with Crippen LogP contribution in [0.5, 0.6) is 0 Å². The Bertz CT molecular complexity index is 762. The number of aliphatic hydroxyl groups is 1. The predicted octanol–water partition coefficient (Wildman–Crippen LogP) is 4.80. The molecule has 2 rings (SSSR count). The maximum absolute atomic E-state index is 13.9. The summed E-state index contributed by atoms with van der Waals surface area (Å²) >= 11 is 3.24. The molecular formula is C25H44N2O3S2. The summed E-state index contributed by atoms with van der Waals surface area (Å²) in [4.78, 5) is 28.0. The molecule has 1 fully saturated rings. The van der Waals surface area contributed by atoms with Gasteiger partial charge in [0.2, 0.25) is 0 Å². The summed E-state index contributed by atoms with van der Waals surface area (Å²) in [5.41, 5.74) is 10.9. The highest BCUT2D eigenvalue weighted by molar-refractivity contribution is 8.08. The van der Waals surface area contributed by atoms with Gasteiger partial charge in [0.15, 0.2) is 5.78 Å². The van der Waals surface area contributed by atoms with E-state index in [9.17, 15) is 14.7 Å². The second-order valence-corrected chi connectivity index (χ2v) is 16.1. The first kappa shape index (κ1) is 27.9. The van der Waals surface area contributed by atoms with Gasteiger partial charge in [-0.1, -0.05) is 34.1 Å². The van der Waals surface area contributed by atoms with Gasteiger partial charge in [0.1, 0.15) is 6.29 Å². The standard InChI is InChI=1S/C25H44N2O3S2/c1-21(2,26)13-23(5,6)31-17-12-25(15-28)16(10-9-11-18(25)29)19(30)20(17)32-24(7,8)14-22(3,4)27/h15-16,18,29H,9-14,26-27H2,1-8H3. The molecule has 3 atom stereocenters. The van der Waals surface area contributed by atoms with Crippen molar-refractivity contribution >= 4 is 35.6 Å². The van der Waals surface area contributed by atoms with Gasteiger partial charge in [-0.15, -0.1) is 23.5 Å². The zero-order valence-corrected chi connectivity index (χ0v) is 22.8. The third-order valence-electron chi connectivity index (χ3n) is 6.26. The number of nitrogens with two attached hydrogens (primary N) is 2. The third-order valence-corrected chi connectivity index (χ3v) is 9.03. The Morgan fingerprint density at radius 3 is 1.94 bits per heavy atom. The molecule has 0 aromatic rings. The molecule has 0 bridgehead atoms. The Balaban J connectivity index is 2.55. The van der Waals surface area contributed by atoms with E-state index in [1.54, 1.807) is 23.5 Å². The Hall–Kier alpha value is -0.340. The minimum Gasteiger partial charge on any atom is -0.392 e. The SMILES string of the molecule is CC(C)(N)CC(C)(C)SC1=C(SC(C)(C)CC(C)(C)N)C(=O)C2CCCC(O)C2(C=O)C1. The molecule has 5 nitrogen and oxygen atoms in total. The Morgan fingerprint density at radius 2 is 1.47 bits per heavy atom. The predicted molar refractivity (Wildman–Crippen MR) is 138 cm³/mol. The molecule has 0 heterocycles. The van der Waals surface area contributed by atoms with Crippen LogP contribution in [0, 0.1) is 11.3 Å². The molecule has 0 amide bonds. The number of carbonyl (C=O) groups excluding carboxylic acids is 2. The van der Waals surface area contributed by atoms with Gasteiger partial charge in [-0.2, -0.15) is 0 Å². The number of thioether (sulfide) groups is 2. The summed E-state index contributed by atoms with van der Waals surface area (Å²) in [5.74, 6) is -0.438. The topological polar surface area (TPSA) is 106 Å². The van der Waals surface area contributed by atoms with E-state index >= 15 is 0 Å². The van der Waals surface area contributed by atoms with Crippen molar-refractivity contribution in [1.82, 2.24) is 0 Å². The molecule has 2 aliphatic rings. The molecule has 0 spiro atoms. The number of hydrogen-bond donors (Lipinski definition) is 3. The maximum Gasteiger partial charge on any atom is 0.174 e. The van der Waals surface area contributed by atoms with Crippen LogP contribution in [0.4, 0.5) is 0 Å². The van der Waals surface area contributed by atoms with Gasteiger partial charge in [0.05, 0.1) is 16.4 Å². The third kappa shape index (κ3) is 6.84. The monoisotopic (exact) mass is 484 g/mol. The van der Waals surface area contributed by atoms with Gasteiger partial charge in [0, 0.05) is 31.4 Å². The molecule has 32 heavy (non-hydrogen) atoms. The molecule has 2 aliphatic carbocycles. The molecule has 0 saturated heterocycles. The highest BCUT2D eigenvalue weighted by Gasteiger charge is 2.55. The van der Waals surface area contributed by atoms with Crippen molar-refractivity contribution in [3.05, 3.63) is 9.81 Å². The number of hydrogen-bond acceptors (Lipinski definition) is 7. The molecule has 0 aromatic carbocycles. The fourth-order valence-corrected chi connectivity index (χ4v) is 9.13. The Morgan fingerprint density at radius 1 is 0.969 bits per heavy atom. The summed E-state index contributed by atoms with van der Waals surface area (Å²) in [6.45, 7) is 16.5. The van der Waals surface area contributed by atoms with Gasteiger partial charge in [-0.3, -0.25) is 4.79 Å². The van der Waals surface area contributed by atoms with Crippen LogP contribution in [0.3, 0.4) is 0 Å². The lowest BCUT2D eigenvalue weighted by Gasteiger charge is -2.48. The van der Waals surface area contributed by atoms with E-state index in [4.69, 9.17) is 11.5 Å². The van der Waals surface area contributed by atoms with Crippen molar-refractivity contribution in [3.8, 4) is 0 Å². The fourth-order valence-electron chi connectivity index (χ4n) is 5.82. The van der Waals surface area contributed by atoms with Gasteiger partial charge < -0.3 is 21.4 Å². The van der Waals surface area contributed by atoms with Gasteiger partial charge in [-0.25, -0.2) is 0 Å².